The molecule has 10 nitrogen and oxygen atoms in total. The largest absolute Gasteiger partial charge is 0.480 e. The van der Waals surface area contributed by atoms with Gasteiger partial charge in [-0.05, 0) is 68.2 Å². The predicted molar refractivity (Wildman–Crippen MR) is 161 cm³/mol. The summed E-state index contributed by atoms with van der Waals surface area (Å²) in [6.45, 7) is 4.95. The molecule has 3 fully saturated rings. The molecular weight excluding hydrogens is 518 g/mol. The Morgan fingerprint density at radius 1 is 1.02 bits per heavy atom. The van der Waals surface area contributed by atoms with Crippen LogP contribution >= 0.6 is 0 Å². The smallest absolute Gasteiger partial charge is 0.320 e. The Balaban J connectivity index is 1.19. The van der Waals surface area contributed by atoms with Crippen LogP contribution < -0.4 is 30.9 Å². The first-order valence-corrected chi connectivity index (χ1v) is 14.7. The SMILES string of the molecule is Nc1nc(NCc2c(Oc3ccccc3)cccc2N2CCCCC2)cc(N2CCC3(CC2)CNC(C(=O)O)C3)n1. The van der Waals surface area contributed by atoms with Crippen LogP contribution in [0, 0.1) is 5.41 Å². The summed E-state index contributed by atoms with van der Waals surface area (Å²) in [6.07, 6.45) is 6.15. The van der Waals surface area contributed by atoms with Crippen molar-refractivity contribution in [2.75, 3.05) is 53.6 Å². The number of rotatable bonds is 8. The van der Waals surface area contributed by atoms with Gasteiger partial charge in [0.2, 0.25) is 5.95 Å². The van der Waals surface area contributed by atoms with Gasteiger partial charge in [-0.3, -0.25) is 4.79 Å². The molecule has 1 spiro atoms. The number of hydrogen-bond acceptors (Lipinski definition) is 9. The predicted octanol–water partition coefficient (Wildman–Crippen LogP) is 4.49. The van der Waals surface area contributed by atoms with E-state index in [1.807, 2.05) is 42.5 Å². The number of aliphatic carboxylic acids is 1. The summed E-state index contributed by atoms with van der Waals surface area (Å²) >= 11 is 0. The van der Waals surface area contributed by atoms with Crippen molar-refractivity contribution in [2.45, 2.75) is 51.1 Å². The number of hydrogen-bond donors (Lipinski definition) is 4. The van der Waals surface area contributed by atoms with Gasteiger partial charge in [-0.15, -0.1) is 0 Å². The Bertz CT molecular complexity index is 1360. The van der Waals surface area contributed by atoms with Gasteiger partial charge in [0.1, 0.15) is 29.2 Å². The van der Waals surface area contributed by atoms with Gasteiger partial charge in [0.25, 0.3) is 0 Å². The van der Waals surface area contributed by atoms with Crippen molar-refractivity contribution in [3.8, 4) is 11.5 Å². The minimum absolute atomic E-state index is 0.0343. The number of nitrogens with zero attached hydrogens (tertiary/aromatic N) is 4. The number of anilines is 4. The van der Waals surface area contributed by atoms with Crippen LogP contribution in [0.3, 0.4) is 0 Å². The summed E-state index contributed by atoms with van der Waals surface area (Å²) in [6, 6.07) is 17.6. The van der Waals surface area contributed by atoms with E-state index < -0.39 is 12.0 Å². The third kappa shape index (κ3) is 6.17. The van der Waals surface area contributed by atoms with E-state index in [-0.39, 0.29) is 11.4 Å². The molecule has 0 bridgehead atoms. The molecule has 10 heteroatoms. The van der Waals surface area contributed by atoms with E-state index in [0.29, 0.717) is 18.8 Å². The number of nitrogens with two attached hydrogens (primary N) is 1. The number of piperidine rings is 2. The second kappa shape index (κ2) is 11.8. The van der Waals surface area contributed by atoms with E-state index in [2.05, 4.69) is 42.5 Å². The molecule has 0 amide bonds. The molecule has 3 aliphatic rings. The van der Waals surface area contributed by atoms with E-state index in [9.17, 15) is 9.90 Å². The number of benzene rings is 2. The first-order chi connectivity index (χ1) is 20.0. The number of carboxylic acids is 1. The van der Waals surface area contributed by atoms with Crippen LogP contribution in [0.5, 0.6) is 11.5 Å². The van der Waals surface area contributed by atoms with E-state index in [1.54, 1.807) is 0 Å². The molecule has 41 heavy (non-hydrogen) atoms. The van der Waals surface area contributed by atoms with Crippen molar-refractivity contribution in [1.82, 2.24) is 15.3 Å². The van der Waals surface area contributed by atoms with Crippen LogP contribution in [0.2, 0.25) is 0 Å². The summed E-state index contributed by atoms with van der Waals surface area (Å²) in [4.78, 5) is 25.2. The van der Waals surface area contributed by atoms with Gasteiger partial charge in [0.15, 0.2) is 0 Å². The Morgan fingerprint density at radius 3 is 2.54 bits per heavy atom. The highest BCUT2D eigenvalue weighted by atomic mass is 16.5. The summed E-state index contributed by atoms with van der Waals surface area (Å²) in [7, 11) is 0. The minimum atomic E-state index is -0.761. The van der Waals surface area contributed by atoms with E-state index in [1.165, 1.54) is 24.9 Å². The molecule has 4 heterocycles. The second-order valence-electron chi connectivity index (χ2n) is 11.5. The number of carbonyl (C=O) groups is 1. The summed E-state index contributed by atoms with van der Waals surface area (Å²) < 4.78 is 6.37. The fraction of sp³-hybridized carbons (Fsp3) is 0.452. The van der Waals surface area contributed by atoms with Crippen molar-refractivity contribution < 1.29 is 14.6 Å². The molecular formula is C31H39N7O3. The first-order valence-electron chi connectivity index (χ1n) is 14.7. The van der Waals surface area contributed by atoms with Gasteiger partial charge < -0.3 is 36.0 Å². The van der Waals surface area contributed by atoms with Crippen LogP contribution in [-0.4, -0.2) is 59.8 Å². The number of para-hydroxylation sites is 1. The van der Waals surface area contributed by atoms with Crippen molar-refractivity contribution in [3.63, 3.8) is 0 Å². The lowest BCUT2D eigenvalue weighted by atomic mass is 9.76. The van der Waals surface area contributed by atoms with Crippen molar-refractivity contribution >= 4 is 29.2 Å². The highest BCUT2D eigenvalue weighted by Crippen LogP contribution is 2.40. The maximum Gasteiger partial charge on any atom is 0.320 e. The molecule has 1 atom stereocenters. The maximum atomic E-state index is 11.5. The number of nitrogen functional groups attached to an aromatic ring is 1. The average molecular weight is 558 g/mol. The molecule has 1 unspecified atom stereocenters. The normalized spacial score (nSPS) is 20.2. The quantitative estimate of drug-likeness (QED) is 0.314. The summed E-state index contributed by atoms with van der Waals surface area (Å²) in [5, 5.41) is 16.1. The second-order valence-corrected chi connectivity index (χ2v) is 11.5. The van der Waals surface area contributed by atoms with Gasteiger partial charge in [0, 0.05) is 56.6 Å². The lowest BCUT2D eigenvalue weighted by Crippen LogP contribution is -2.41. The van der Waals surface area contributed by atoms with Crippen molar-refractivity contribution in [3.05, 3.63) is 60.2 Å². The Labute approximate surface area is 240 Å². The molecule has 1 aromatic heterocycles. The summed E-state index contributed by atoms with van der Waals surface area (Å²) in [5.41, 5.74) is 8.48. The highest BCUT2D eigenvalue weighted by molar-refractivity contribution is 5.74. The van der Waals surface area contributed by atoms with Crippen LogP contribution in [0.25, 0.3) is 0 Å². The van der Waals surface area contributed by atoms with Crippen LogP contribution in [0.15, 0.2) is 54.6 Å². The van der Waals surface area contributed by atoms with Crippen molar-refractivity contribution in [1.29, 1.82) is 0 Å². The van der Waals surface area contributed by atoms with Gasteiger partial charge in [0.05, 0.1) is 0 Å². The van der Waals surface area contributed by atoms with Crippen LogP contribution in [0.4, 0.5) is 23.3 Å². The maximum absolute atomic E-state index is 11.5. The Hall–Kier alpha value is -4.05. The number of nitrogens with one attached hydrogen (secondary N) is 2. The Morgan fingerprint density at radius 2 is 1.80 bits per heavy atom. The molecule has 6 rings (SSSR count). The average Bonchev–Trinajstić information content (AvgIpc) is 3.41. The zero-order valence-electron chi connectivity index (χ0n) is 23.4. The molecule has 3 aromatic rings. The lowest BCUT2D eigenvalue weighted by Gasteiger charge is -2.39. The standard InChI is InChI=1S/C31H39N7O3/c32-30-35-27(18-28(36-30)38-16-12-31(13-17-38)19-24(29(39)40)34-21-31)33-20-23-25(37-14-5-2-6-15-37)10-7-11-26(23)41-22-8-3-1-4-9-22/h1,3-4,7-11,18,24,34H,2,5-6,12-17,19-21H2,(H,39,40)(H3,32,33,35,36). The first kappa shape index (κ1) is 27.1. The highest BCUT2D eigenvalue weighted by Gasteiger charge is 2.43. The summed E-state index contributed by atoms with van der Waals surface area (Å²) in [5.74, 6) is 2.54. The topological polar surface area (TPSA) is 129 Å². The van der Waals surface area contributed by atoms with Gasteiger partial charge >= 0.3 is 5.97 Å². The third-order valence-electron chi connectivity index (χ3n) is 8.76. The van der Waals surface area contributed by atoms with E-state index in [4.69, 9.17) is 10.5 Å². The fourth-order valence-corrected chi connectivity index (χ4v) is 6.44. The molecule has 0 aliphatic carbocycles. The molecule has 3 saturated heterocycles. The van der Waals surface area contributed by atoms with E-state index in [0.717, 1.165) is 68.4 Å². The zero-order valence-corrected chi connectivity index (χ0v) is 23.4. The van der Waals surface area contributed by atoms with Crippen LogP contribution in [-0.2, 0) is 11.3 Å². The lowest BCUT2D eigenvalue weighted by molar-refractivity contribution is -0.139. The van der Waals surface area contributed by atoms with Crippen molar-refractivity contribution in [2.24, 2.45) is 5.41 Å². The monoisotopic (exact) mass is 557 g/mol. The molecule has 3 aliphatic heterocycles. The molecule has 2 aromatic carbocycles. The van der Waals surface area contributed by atoms with Gasteiger partial charge in [-0.25, -0.2) is 0 Å². The fourth-order valence-electron chi connectivity index (χ4n) is 6.44. The molecule has 0 saturated carbocycles. The number of ether oxygens (including phenoxy) is 1. The van der Waals surface area contributed by atoms with Gasteiger partial charge in [-0.2, -0.15) is 9.97 Å². The van der Waals surface area contributed by atoms with Crippen LogP contribution in [0.1, 0.15) is 44.1 Å². The molecule has 5 N–H and O–H groups in total. The Kier molecular flexibility index (Phi) is 7.82. The minimum Gasteiger partial charge on any atom is -0.480 e. The third-order valence-corrected chi connectivity index (χ3v) is 8.76. The zero-order chi connectivity index (χ0) is 28.2. The number of aromatic nitrogens is 2. The van der Waals surface area contributed by atoms with Gasteiger partial charge in [-0.1, -0.05) is 24.3 Å². The number of carboxylic acid groups (broad SMARTS) is 1. The van der Waals surface area contributed by atoms with E-state index >= 15 is 0 Å². The molecule has 0 radical (unpaired) electrons. The molecule has 216 valence electrons.